The van der Waals surface area contributed by atoms with Crippen LogP contribution in [0.3, 0.4) is 0 Å². The highest BCUT2D eigenvalue weighted by atomic mass is 32.1. The number of rotatable bonds is 3. The summed E-state index contributed by atoms with van der Waals surface area (Å²) >= 11 is 1.90. The van der Waals surface area contributed by atoms with Gasteiger partial charge in [-0.3, -0.25) is 0 Å². The van der Waals surface area contributed by atoms with Gasteiger partial charge in [0.05, 0.1) is 5.69 Å². The summed E-state index contributed by atoms with van der Waals surface area (Å²) in [5.41, 5.74) is 16.7. The number of hydrogen-bond donors (Lipinski definition) is 0. The van der Waals surface area contributed by atoms with Crippen molar-refractivity contribution in [2.24, 2.45) is 5.92 Å². The first-order valence-corrected chi connectivity index (χ1v) is 18.7. The Morgan fingerprint density at radius 3 is 2.14 bits per heavy atom. The molecule has 0 radical (unpaired) electrons. The monoisotopic (exact) mass is 655 g/mol. The molecular weight excluding hydrogens is 611 g/mol. The third-order valence-electron chi connectivity index (χ3n) is 11.6. The van der Waals surface area contributed by atoms with Gasteiger partial charge in [-0.15, -0.1) is 11.3 Å². The molecule has 0 spiro atoms. The number of anilines is 3. The van der Waals surface area contributed by atoms with Crippen LogP contribution in [0.1, 0.15) is 89.6 Å². The van der Waals surface area contributed by atoms with Crippen LogP contribution in [0.4, 0.5) is 17.1 Å². The van der Waals surface area contributed by atoms with Gasteiger partial charge < -0.3 is 4.90 Å². The summed E-state index contributed by atoms with van der Waals surface area (Å²) in [5, 5.41) is 2.67. The van der Waals surface area contributed by atoms with Gasteiger partial charge in [-0.05, 0) is 98.2 Å². The van der Waals surface area contributed by atoms with Crippen LogP contribution in [0.5, 0.6) is 0 Å². The van der Waals surface area contributed by atoms with E-state index < -0.39 is 0 Å². The molecule has 0 N–H and O–H groups in total. The molecule has 1 heterocycles. The van der Waals surface area contributed by atoms with Gasteiger partial charge in [-0.2, -0.15) is 0 Å². The first-order valence-electron chi connectivity index (χ1n) is 17.9. The minimum Gasteiger partial charge on any atom is -0.310 e. The standard InChI is InChI=1S/C47H45NS/c1-28-22-25-36-34(26-28)40-41(45(2,3)4)39-33-19-12-14-20-35(33)46(5,6)42(39)44(43(40)47(36,7)8)48(29-16-10-9-11-17-29)30-23-24-32-31-18-13-15-21-37(31)49-38(32)27-30/h9-25,27-28H,26H2,1-8H3. The van der Waals surface area contributed by atoms with Crippen LogP contribution in [0.2, 0.25) is 0 Å². The van der Waals surface area contributed by atoms with Crippen molar-refractivity contribution >= 4 is 54.1 Å². The lowest BCUT2D eigenvalue weighted by Crippen LogP contribution is -2.28. The molecule has 0 aliphatic heterocycles. The van der Waals surface area contributed by atoms with Crippen molar-refractivity contribution in [1.82, 2.24) is 0 Å². The van der Waals surface area contributed by atoms with Gasteiger partial charge in [-0.1, -0.05) is 134 Å². The van der Waals surface area contributed by atoms with E-state index in [1.54, 1.807) is 5.57 Å². The largest absolute Gasteiger partial charge is 0.310 e. The molecule has 0 amide bonds. The van der Waals surface area contributed by atoms with E-state index in [-0.39, 0.29) is 16.2 Å². The number of hydrogen-bond acceptors (Lipinski definition) is 2. The molecule has 2 heteroatoms. The maximum Gasteiger partial charge on any atom is 0.0555 e. The number of thiophene rings is 1. The lowest BCUT2D eigenvalue weighted by atomic mass is 9.70. The van der Waals surface area contributed by atoms with Crippen molar-refractivity contribution in [3.63, 3.8) is 0 Å². The normalized spacial score (nSPS) is 18.5. The van der Waals surface area contributed by atoms with Gasteiger partial charge in [0.25, 0.3) is 0 Å². The molecule has 1 atom stereocenters. The Kier molecular flexibility index (Phi) is 6.45. The van der Waals surface area contributed by atoms with Crippen molar-refractivity contribution < 1.29 is 0 Å². The molecule has 1 unspecified atom stereocenters. The smallest absolute Gasteiger partial charge is 0.0555 e. The first kappa shape index (κ1) is 30.6. The Hall–Kier alpha value is -4.40. The van der Waals surface area contributed by atoms with Crippen LogP contribution in [-0.4, -0.2) is 0 Å². The Labute approximate surface area is 295 Å². The summed E-state index contributed by atoms with van der Waals surface area (Å²) in [6.07, 6.45) is 5.99. The number of allylic oxidation sites excluding steroid dienone is 4. The molecule has 1 aromatic heterocycles. The molecule has 3 aliphatic rings. The van der Waals surface area contributed by atoms with Crippen molar-refractivity contribution in [3.8, 4) is 11.1 Å². The molecule has 6 aromatic rings. The molecule has 3 aliphatic carbocycles. The molecule has 5 aromatic carbocycles. The number of para-hydroxylation sites is 1. The molecule has 0 saturated carbocycles. The van der Waals surface area contributed by atoms with E-state index in [4.69, 9.17) is 0 Å². The quantitative estimate of drug-likeness (QED) is 0.183. The summed E-state index contributed by atoms with van der Waals surface area (Å²) in [5.74, 6) is 0.509. The fourth-order valence-electron chi connectivity index (χ4n) is 9.54. The lowest BCUT2D eigenvalue weighted by molar-refractivity contribution is 0.582. The fourth-order valence-corrected chi connectivity index (χ4v) is 10.7. The van der Waals surface area contributed by atoms with E-state index >= 15 is 0 Å². The van der Waals surface area contributed by atoms with Gasteiger partial charge in [0, 0.05) is 42.4 Å². The Bertz CT molecular complexity index is 2410. The van der Waals surface area contributed by atoms with Crippen molar-refractivity contribution in [3.05, 3.63) is 143 Å². The third-order valence-corrected chi connectivity index (χ3v) is 12.8. The van der Waals surface area contributed by atoms with Crippen LogP contribution in [0, 0.1) is 5.92 Å². The van der Waals surface area contributed by atoms with E-state index in [0.29, 0.717) is 5.92 Å². The molecule has 9 rings (SSSR count). The van der Waals surface area contributed by atoms with Gasteiger partial charge in [0.2, 0.25) is 0 Å². The van der Waals surface area contributed by atoms with Gasteiger partial charge in [0.15, 0.2) is 0 Å². The average Bonchev–Trinajstić information content (AvgIpc) is 3.64. The minimum absolute atomic E-state index is 0.0588. The zero-order chi connectivity index (χ0) is 34.0. The number of fused-ring (bicyclic) bond motifs is 8. The van der Waals surface area contributed by atoms with Gasteiger partial charge >= 0.3 is 0 Å². The summed E-state index contributed by atoms with van der Waals surface area (Å²) in [6, 6.07) is 36.4. The average molecular weight is 656 g/mol. The highest BCUT2D eigenvalue weighted by Gasteiger charge is 2.50. The van der Waals surface area contributed by atoms with Crippen molar-refractivity contribution in [2.45, 2.75) is 78.1 Å². The Morgan fingerprint density at radius 1 is 0.694 bits per heavy atom. The van der Waals surface area contributed by atoms with Crippen LogP contribution < -0.4 is 4.90 Å². The van der Waals surface area contributed by atoms with Crippen LogP contribution in [0.25, 0.3) is 36.9 Å². The predicted molar refractivity (Wildman–Crippen MR) is 213 cm³/mol. The first-order chi connectivity index (χ1) is 23.4. The van der Waals surface area contributed by atoms with E-state index in [2.05, 4.69) is 170 Å². The fraction of sp³-hybridized carbons (Fsp3) is 0.277. The topological polar surface area (TPSA) is 3.24 Å². The molecule has 0 bridgehead atoms. The second-order valence-corrected chi connectivity index (χ2v) is 17.7. The molecular formula is C47H45NS. The summed E-state index contributed by atoms with van der Waals surface area (Å²) in [6.45, 7) is 19.6. The second kappa shape index (κ2) is 10.3. The number of benzene rings is 5. The highest BCUT2D eigenvalue weighted by molar-refractivity contribution is 7.25. The van der Waals surface area contributed by atoms with Crippen LogP contribution in [0.15, 0.2) is 115 Å². The van der Waals surface area contributed by atoms with Crippen molar-refractivity contribution in [1.29, 1.82) is 0 Å². The maximum absolute atomic E-state index is 2.63. The molecule has 0 fully saturated rings. The maximum atomic E-state index is 2.63. The van der Waals surface area contributed by atoms with E-state index in [0.717, 1.165) is 6.42 Å². The predicted octanol–water partition coefficient (Wildman–Crippen LogP) is 13.8. The zero-order valence-electron chi connectivity index (χ0n) is 30.0. The SMILES string of the molecule is CC1C=CC2=C(C1)c1c(C(C)(C)C)c3c(c(N(c4ccccc4)c4ccc5c(c4)sc4ccccc45)c1C2(C)C)C(C)(C)c1ccccc1-3. The number of nitrogens with zero attached hydrogens (tertiary/aromatic N) is 1. The minimum atomic E-state index is -0.201. The molecule has 0 saturated heterocycles. The summed E-state index contributed by atoms with van der Waals surface area (Å²) in [4.78, 5) is 2.63. The van der Waals surface area contributed by atoms with Crippen LogP contribution in [-0.2, 0) is 16.2 Å². The summed E-state index contributed by atoms with van der Waals surface area (Å²) < 4.78 is 2.67. The lowest BCUT2D eigenvalue weighted by Gasteiger charge is -2.39. The van der Waals surface area contributed by atoms with Crippen molar-refractivity contribution in [2.75, 3.05) is 4.90 Å². The highest BCUT2D eigenvalue weighted by Crippen LogP contribution is 2.65. The molecule has 49 heavy (non-hydrogen) atoms. The van der Waals surface area contributed by atoms with Gasteiger partial charge in [-0.25, -0.2) is 0 Å². The third kappa shape index (κ3) is 4.23. The summed E-state index contributed by atoms with van der Waals surface area (Å²) in [7, 11) is 0. The van der Waals surface area contributed by atoms with Crippen LogP contribution >= 0.6 is 11.3 Å². The molecule has 244 valence electrons. The van der Waals surface area contributed by atoms with E-state index in [1.165, 1.54) is 81.8 Å². The van der Waals surface area contributed by atoms with E-state index in [1.807, 2.05) is 11.3 Å². The zero-order valence-corrected chi connectivity index (χ0v) is 30.8. The molecule has 1 nitrogen and oxygen atoms in total. The Morgan fingerprint density at radius 2 is 1.37 bits per heavy atom. The van der Waals surface area contributed by atoms with E-state index in [9.17, 15) is 0 Å². The second-order valence-electron chi connectivity index (χ2n) is 16.7. The Balaban J connectivity index is 1.48. The van der Waals surface area contributed by atoms with Gasteiger partial charge in [0.1, 0.15) is 0 Å².